The second-order valence-electron chi connectivity index (χ2n) is 3.81. The maximum absolute atomic E-state index is 11.5. The molecule has 1 rings (SSSR count). The van der Waals surface area contributed by atoms with E-state index >= 15 is 0 Å². The summed E-state index contributed by atoms with van der Waals surface area (Å²) in [5.74, 6) is -0.341. The zero-order valence-corrected chi connectivity index (χ0v) is 8.69. The molecular weight excluding hydrogens is 198 g/mol. The van der Waals surface area contributed by atoms with E-state index in [1.54, 1.807) is 6.92 Å². The molecule has 86 valence electrons. The molecule has 1 aliphatic rings. The minimum absolute atomic E-state index is 0.102. The number of hydrogen-bond acceptors (Lipinski definition) is 4. The van der Waals surface area contributed by atoms with E-state index in [-0.39, 0.29) is 18.4 Å². The Bertz CT molecular complexity index is 255. The third kappa shape index (κ3) is 3.49. The maximum atomic E-state index is 11.5. The molecule has 0 bridgehead atoms. The van der Waals surface area contributed by atoms with E-state index in [2.05, 4.69) is 10.6 Å². The van der Waals surface area contributed by atoms with Crippen LogP contribution >= 0.6 is 0 Å². The van der Waals surface area contributed by atoms with E-state index in [1.807, 2.05) is 0 Å². The van der Waals surface area contributed by atoms with Gasteiger partial charge in [-0.05, 0) is 13.3 Å². The van der Waals surface area contributed by atoms with Gasteiger partial charge in [0.15, 0.2) is 0 Å². The maximum Gasteiger partial charge on any atom is 0.242 e. The fourth-order valence-corrected chi connectivity index (χ4v) is 1.32. The normalized spacial score (nSPS) is 24.5. The minimum Gasteiger partial charge on any atom is -0.392 e. The molecule has 5 N–H and O–H groups in total. The average molecular weight is 215 g/mol. The highest BCUT2D eigenvalue weighted by molar-refractivity contribution is 5.90. The van der Waals surface area contributed by atoms with E-state index in [0.29, 0.717) is 12.8 Å². The first-order chi connectivity index (χ1) is 7.00. The van der Waals surface area contributed by atoms with Crippen molar-refractivity contribution in [1.82, 2.24) is 10.6 Å². The van der Waals surface area contributed by atoms with Crippen LogP contribution in [-0.2, 0) is 9.59 Å². The van der Waals surface area contributed by atoms with Crippen molar-refractivity contribution in [2.24, 2.45) is 5.73 Å². The lowest BCUT2D eigenvalue weighted by atomic mass is 10.2. The molecule has 6 nitrogen and oxygen atoms in total. The van der Waals surface area contributed by atoms with Gasteiger partial charge in [0.1, 0.15) is 6.04 Å². The lowest BCUT2D eigenvalue weighted by Crippen LogP contribution is -2.48. The van der Waals surface area contributed by atoms with Crippen molar-refractivity contribution >= 4 is 11.8 Å². The smallest absolute Gasteiger partial charge is 0.242 e. The largest absolute Gasteiger partial charge is 0.392 e. The quantitative estimate of drug-likeness (QED) is 0.439. The number of nitrogens with two attached hydrogens (primary N) is 1. The van der Waals surface area contributed by atoms with Gasteiger partial charge in [0.2, 0.25) is 11.8 Å². The molecule has 1 fully saturated rings. The summed E-state index contributed by atoms with van der Waals surface area (Å²) in [7, 11) is 0. The molecule has 0 radical (unpaired) electrons. The Hall–Kier alpha value is -1.14. The molecule has 0 saturated carbocycles. The number of aliphatic hydroxyl groups excluding tert-OH is 1. The van der Waals surface area contributed by atoms with Gasteiger partial charge in [0.25, 0.3) is 0 Å². The summed E-state index contributed by atoms with van der Waals surface area (Å²) in [4.78, 5) is 22.3. The number of rotatable bonds is 4. The SMILES string of the molecule is CC(O)C(N)CNC(=O)[C@H]1CCC(=O)N1. The topological polar surface area (TPSA) is 104 Å². The fraction of sp³-hybridized carbons (Fsp3) is 0.778. The number of amides is 2. The van der Waals surface area contributed by atoms with E-state index in [0.717, 1.165) is 0 Å². The third-order valence-corrected chi connectivity index (χ3v) is 2.44. The highest BCUT2D eigenvalue weighted by atomic mass is 16.3. The van der Waals surface area contributed by atoms with Gasteiger partial charge in [-0.1, -0.05) is 0 Å². The highest BCUT2D eigenvalue weighted by Crippen LogP contribution is 2.05. The van der Waals surface area contributed by atoms with E-state index in [9.17, 15) is 9.59 Å². The van der Waals surface area contributed by atoms with Gasteiger partial charge in [-0.2, -0.15) is 0 Å². The summed E-state index contributed by atoms with van der Waals surface area (Å²) in [6.07, 6.45) is 0.248. The van der Waals surface area contributed by atoms with Crippen molar-refractivity contribution in [2.45, 2.75) is 38.0 Å². The lowest BCUT2D eigenvalue weighted by Gasteiger charge is -2.17. The Labute approximate surface area is 88.2 Å². The number of carbonyl (C=O) groups excluding carboxylic acids is 2. The molecule has 0 aromatic carbocycles. The summed E-state index contributed by atoms with van der Waals surface area (Å²) in [6, 6.07) is -0.926. The zero-order chi connectivity index (χ0) is 11.4. The van der Waals surface area contributed by atoms with Gasteiger partial charge in [0, 0.05) is 19.0 Å². The number of carbonyl (C=O) groups is 2. The van der Waals surface area contributed by atoms with Crippen LogP contribution in [0.4, 0.5) is 0 Å². The third-order valence-electron chi connectivity index (χ3n) is 2.44. The summed E-state index contributed by atoms with van der Waals surface area (Å²) in [5, 5.41) is 14.2. The van der Waals surface area contributed by atoms with Crippen LogP contribution in [0.5, 0.6) is 0 Å². The number of nitrogens with one attached hydrogen (secondary N) is 2. The molecule has 0 aromatic heterocycles. The predicted octanol–water partition coefficient (Wildman–Crippen LogP) is -1.91. The van der Waals surface area contributed by atoms with Crippen LogP contribution < -0.4 is 16.4 Å². The van der Waals surface area contributed by atoms with Crippen LogP contribution in [0.2, 0.25) is 0 Å². The molecule has 0 aliphatic carbocycles. The van der Waals surface area contributed by atoms with Crippen molar-refractivity contribution in [2.75, 3.05) is 6.54 Å². The highest BCUT2D eigenvalue weighted by Gasteiger charge is 2.27. The average Bonchev–Trinajstić information content (AvgIpc) is 2.60. The van der Waals surface area contributed by atoms with Crippen LogP contribution in [0.15, 0.2) is 0 Å². The molecule has 2 unspecified atom stereocenters. The molecule has 1 saturated heterocycles. The Balaban J connectivity index is 2.27. The number of aliphatic hydroxyl groups is 1. The molecule has 0 spiro atoms. The lowest BCUT2D eigenvalue weighted by molar-refractivity contribution is -0.125. The summed E-state index contributed by atoms with van der Waals surface area (Å²) in [6.45, 7) is 1.77. The molecule has 2 amide bonds. The monoisotopic (exact) mass is 215 g/mol. The summed E-state index contributed by atoms with van der Waals surface area (Å²) in [5.41, 5.74) is 5.54. The first-order valence-electron chi connectivity index (χ1n) is 5.01. The van der Waals surface area contributed by atoms with Gasteiger partial charge in [-0.25, -0.2) is 0 Å². The molecule has 1 heterocycles. The van der Waals surface area contributed by atoms with Crippen molar-refractivity contribution in [1.29, 1.82) is 0 Å². The van der Waals surface area contributed by atoms with E-state index < -0.39 is 18.2 Å². The fourth-order valence-electron chi connectivity index (χ4n) is 1.32. The number of hydrogen-bond donors (Lipinski definition) is 4. The van der Waals surface area contributed by atoms with Crippen LogP contribution in [0, 0.1) is 0 Å². The van der Waals surface area contributed by atoms with Crippen molar-refractivity contribution in [3.63, 3.8) is 0 Å². The molecule has 1 aliphatic heterocycles. The summed E-state index contributed by atoms with van der Waals surface area (Å²) < 4.78 is 0. The second kappa shape index (κ2) is 5.09. The molecular formula is C9H17N3O3. The van der Waals surface area contributed by atoms with Gasteiger partial charge in [-0.3, -0.25) is 9.59 Å². The zero-order valence-electron chi connectivity index (χ0n) is 8.69. The van der Waals surface area contributed by atoms with Crippen LogP contribution in [0.3, 0.4) is 0 Å². The van der Waals surface area contributed by atoms with Crippen molar-refractivity contribution in [3.05, 3.63) is 0 Å². The van der Waals surface area contributed by atoms with Crippen LogP contribution in [0.25, 0.3) is 0 Å². The predicted molar refractivity (Wildman–Crippen MR) is 53.8 cm³/mol. The Kier molecular flexibility index (Phi) is 4.05. The second-order valence-corrected chi connectivity index (χ2v) is 3.81. The van der Waals surface area contributed by atoms with Gasteiger partial charge >= 0.3 is 0 Å². The van der Waals surface area contributed by atoms with Gasteiger partial charge in [-0.15, -0.1) is 0 Å². The first kappa shape index (κ1) is 11.9. The van der Waals surface area contributed by atoms with Crippen LogP contribution in [-0.4, -0.2) is 41.7 Å². The molecule has 0 aromatic rings. The molecule has 15 heavy (non-hydrogen) atoms. The first-order valence-corrected chi connectivity index (χ1v) is 5.01. The van der Waals surface area contributed by atoms with E-state index in [4.69, 9.17) is 10.8 Å². The standard InChI is InChI=1S/C9H17N3O3/c1-5(13)6(10)4-11-9(15)7-2-3-8(14)12-7/h5-7,13H,2-4,10H2,1H3,(H,11,15)(H,12,14)/t5?,6?,7-/m1/s1. The molecule has 6 heteroatoms. The summed E-state index contributed by atoms with van der Waals surface area (Å²) >= 11 is 0. The Morgan fingerprint density at radius 1 is 1.80 bits per heavy atom. The van der Waals surface area contributed by atoms with Crippen molar-refractivity contribution < 1.29 is 14.7 Å². The Morgan fingerprint density at radius 2 is 2.47 bits per heavy atom. The van der Waals surface area contributed by atoms with Gasteiger partial charge in [0.05, 0.1) is 6.10 Å². The van der Waals surface area contributed by atoms with E-state index in [1.165, 1.54) is 0 Å². The van der Waals surface area contributed by atoms with Gasteiger partial charge < -0.3 is 21.5 Å². The van der Waals surface area contributed by atoms with Crippen LogP contribution in [0.1, 0.15) is 19.8 Å². The minimum atomic E-state index is -0.663. The van der Waals surface area contributed by atoms with Crippen molar-refractivity contribution in [3.8, 4) is 0 Å². The molecule has 3 atom stereocenters. The Morgan fingerprint density at radius 3 is 2.93 bits per heavy atom.